The van der Waals surface area contributed by atoms with Crippen molar-refractivity contribution in [2.45, 2.75) is 155 Å². The predicted octanol–water partition coefficient (Wildman–Crippen LogP) is 20.8. The van der Waals surface area contributed by atoms with Gasteiger partial charge in [-0.05, 0) is 165 Å². The van der Waals surface area contributed by atoms with Gasteiger partial charge in [-0.15, -0.1) is 0 Å². The maximum Gasteiger partial charge on any atom is 0.199 e. The molecule has 6 aromatic carbocycles. The first kappa shape index (κ1) is 61.4. The maximum absolute atomic E-state index is 6.64. The Bertz CT molecular complexity index is 2630. The molecule has 80 heavy (non-hydrogen) atoms. The van der Waals surface area contributed by atoms with Gasteiger partial charge in [0.05, 0.1) is 46.2 Å². The number of unbranched alkanes of at least 4 members (excludes halogenated alkanes) is 15. The van der Waals surface area contributed by atoms with Gasteiger partial charge in [0, 0.05) is 66.9 Å². The Kier molecular flexibility index (Phi) is 25.2. The fraction of sp³-hybridized carbons (Fsp3) is 0.486. The van der Waals surface area contributed by atoms with Crippen molar-refractivity contribution in [1.29, 1.82) is 0 Å². The lowest BCUT2D eigenvalue weighted by atomic mass is 9.84. The first-order valence-electron chi connectivity index (χ1n) is 30.4. The van der Waals surface area contributed by atoms with Crippen LogP contribution in [0.5, 0.6) is 11.5 Å². The molecule has 0 radical (unpaired) electrons. The molecular formula is C70H90Br2N2O6. The second-order valence-electron chi connectivity index (χ2n) is 22.6. The largest absolute Gasteiger partial charge is 0.494 e. The lowest BCUT2D eigenvalue weighted by molar-refractivity contribution is -0.188. The van der Waals surface area contributed by atoms with E-state index >= 15 is 0 Å². The van der Waals surface area contributed by atoms with Gasteiger partial charge >= 0.3 is 0 Å². The molecule has 430 valence electrons. The van der Waals surface area contributed by atoms with Crippen LogP contribution >= 0.6 is 31.9 Å². The Labute approximate surface area is 497 Å². The Balaban J connectivity index is 0.848. The van der Waals surface area contributed by atoms with E-state index in [9.17, 15) is 0 Å². The van der Waals surface area contributed by atoms with Gasteiger partial charge in [-0.3, -0.25) is 0 Å². The van der Waals surface area contributed by atoms with E-state index < -0.39 is 0 Å². The first-order valence-corrected chi connectivity index (χ1v) is 32.0. The summed E-state index contributed by atoms with van der Waals surface area (Å²) in [5, 5.41) is 0. The zero-order valence-electron chi connectivity index (χ0n) is 48.3. The van der Waals surface area contributed by atoms with Crippen LogP contribution in [0.4, 0.5) is 34.1 Å². The minimum Gasteiger partial charge on any atom is -0.494 e. The van der Waals surface area contributed by atoms with Gasteiger partial charge < -0.3 is 38.2 Å². The third-order valence-corrected chi connectivity index (χ3v) is 17.4. The molecule has 2 fully saturated rings. The third kappa shape index (κ3) is 18.7. The molecule has 2 aliphatic heterocycles. The molecule has 6 aromatic rings. The Morgan fingerprint density at radius 2 is 0.775 bits per heavy atom. The van der Waals surface area contributed by atoms with Crippen molar-refractivity contribution in [1.82, 2.24) is 0 Å². The molecule has 0 amide bonds. The number of nitrogens with zero attached hydrogens (tertiary/aromatic N) is 2. The quantitative estimate of drug-likeness (QED) is 0.0281. The molecule has 1 unspecified atom stereocenters. The molecule has 2 aliphatic rings. The maximum atomic E-state index is 6.64. The lowest BCUT2D eigenvalue weighted by Crippen LogP contribution is -2.46. The SMILES string of the molecule is CCCCCCCCCCC(OCC1(CC)COC1)Oc1ccc(N(c2ccc(Br)cc2)c2ccc(-c3ccc(N(c4ccc(Br)cc4)c4ccc(OCCCCCCCCCCCOCC5(CC)COC5)cc4)cc3)cc2)cc1. The molecule has 0 aromatic heterocycles. The van der Waals surface area contributed by atoms with Crippen LogP contribution in [0.3, 0.4) is 0 Å². The van der Waals surface area contributed by atoms with Gasteiger partial charge in [-0.25, -0.2) is 0 Å². The molecule has 10 heteroatoms. The van der Waals surface area contributed by atoms with Crippen molar-refractivity contribution < 1.29 is 28.4 Å². The number of hydrogen-bond acceptors (Lipinski definition) is 8. The normalized spacial score (nSPS) is 14.7. The zero-order valence-corrected chi connectivity index (χ0v) is 51.5. The molecular weight excluding hydrogens is 1120 g/mol. The topological polar surface area (TPSA) is 61.9 Å². The van der Waals surface area contributed by atoms with E-state index in [1.54, 1.807) is 0 Å². The van der Waals surface area contributed by atoms with Gasteiger partial charge in [0.25, 0.3) is 0 Å². The Hall–Kier alpha value is -4.68. The number of hydrogen-bond donors (Lipinski definition) is 0. The van der Waals surface area contributed by atoms with E-state index in [1.807, 2.05) is 0 Å². The van der Waals surface area contributed by atoms with Gasteiger partial charge in [0.1, 0.15) is 11.5 Å². The number of anilines is 6. The highest BCUT2D eigenvalue weighted by atomic mass is 79.9. The number of halogens is 2. The average Bonchev–Trinajstić information content (AvgIpc) is 3.47. The van der Waals surface area contributed by atoms with Crippen LogP contribution in [0.2, 0.25) is 0 Å². The second kappa shape index (κ2) is 32.8. The molecule has 2 saturated heterocycles. The van der Waals surface area contributed by atoms with Gasteiger partial charge in [0.2, 0.25) is 0 Å². The third-order valence-electron chi connectivity index (χ3n) is 16.3. The van der Waals surface area contributed by atoms with Crippen LogP contribution in [0.15, 0.2) is 155 Å². The van der Waals surface area contributed by atoms with E-state index in [2.05, 4.69) is 208 Å². The minimum atomic E-state index is -0.297. The summed E-state index contributed by atoms with van der Waals surface area (Å²) in [5.41, 5.74) is 9.09. The van der Waals surface area contributed by atoms with Gasteiger partial charge in [-0.1, -0.05) is 167 Å². The summed E-state index contributed by atoms with van der Waals surface area (Å²) in [4.78, 5) is 4.59. The van der Waals surface area contributed by atoms with E-state index in [4.69, 9.17) is 28.4 Å². The molecule has 0 spiro atoms. The molecule has 2 heterocycles. The second-order valence-corrected chi connectivity index (χ2v) is 24.4. The van der Waals surface area contributed by atoms with Crippen LogP contribution in [0.25, 0.3) is 11.1 Å². The highest BCUT2D eigenvalue weighted by molar-refractivity contribution is 9.10. The minimum absolute atomic E-state index is 0.0993. The van der Waals surface area contributed by atoms with Crippen molar-refractivity contribution in [3.63, 3.8) is 0 Å². The van der Waals surface area contributed by atoms with Crippen LogP contribution in [0.1, 0.15) is 149 Å². The summed E-state index contributed by atoms with van der Waals surface area (Å²) < 4.78 is 38.5. The fourth-order valence-electron chi connectivity index (χ4n) is 10.7. The lowest BCUT2D eigenvalue weighted by Gasteiger charge is -2.41. The number of rotatable bonds is 38. The summed E-state index contributed by atoms with van der Waals surface area (Å²) in [7, 11) is 0. The van der Waals surface area contributed by atoms with Crippen LogP contribution in [-0.2, 0) is 18.9 Å². The summed E-state index contributed by atoms with van der Waals surface area (Å²) in [6.45, 7) is 13.2. The van der Waals surface area contributed by atoms with Crippen molar-refractivity contribution in [2.24, 2.45) is 10.8 Å². The number of ether oxygens (including phenoxy) is 6. The number of benzene rings is 6. The Morgan fingerprint density at radius 3 is 1.19 bits per heavy atom. The van der Waals surface area contributed by atoms with E-state index in [1.165, 1.54) is 96.3 Å². The predicted molar refractivity (Wildman–Crippen MR) is 339 cm³/mol. The van der Waals surface area contributed by atoms with Crippen LogP contribution in [-0.4, -0.2) is 59.1 Å². The molecule has 1 atom stereocenters. The molecule has 0 aliphatic carbocycles. The summed E-state index contributed by atoms with van der Waals surface area (Å²) >= 11 is 7.31. The first-order chi connectivity index (χ1) is 39.3. The van der Waals surface area contributed by atoms with E-state index in [0.29, 0.717) is 12.0 Å². The van der Waals surface area contributed by atoms with Crippen molar-refractivity contribution in [2.75, 3.05) is 62.7 Å². The summed E-state index contributed by atoms with van der Waals surface area (Å²) in [6, 6.07) is 51.7. The van der Waals surface area contributed by atoms with Crippen molar-refractivity contribution in [3.05, 3.63) is 155 Å². The Morgan fingerprint density at radius 1 is 0.412 bits per heavy atom. The van der Waals surface area contributed by atoms with Crippen molar-refractivity contribution >= 4 is 66.0 Å². The van der Waals surface area contributed by atoms with Crippen LogP contribution < -0.4 is 19.3 Å². The van der Waals surface area contributed by atoms with Gasteiger partial charge in [-0.2, -0.15) is 0 Å². The van der Waals surface area contributed by atoms with Crippen molar-refractivity contribution in [3.8, 4) is 22.6 Å². The zero-order chi connectivity index (χ0) is 55.7. The summed E-state index contributed by atoms with van der Waals surface area (Å²) in [5.74, 6) is 1.72. The average molecular weight is 1220 g/mol. The molecule has 0 N–H and O–H groups in total. The molecule has 8 rings (SSSR count). The highest BCUT2D eigenvalue weighted by Gasteiger charge is 2.38. The van der Waals surface area contributed by atoms with Crippen LogP contribution in [0, 0.1) is 10.8 Å². The molecule has 0 bridgehead atoms. The fourth-order valence-corrected chi connectivity index (χ4v) is 11.2. The molecule has 0 saturated carbocycles. The summed E-state index contributed by atoms with van der Waals surface area (Å²) in [6.07, 6.45) is 24.2. The smallest absolute Gasteiger partial charge is 0.199 e. The molecule has 8 nitrogen and oxygen atoms in total. The highest BCUT2D eigenvalue weighted by Crippen LogP contribution is 2.40. The van der Waals surface area contributed by atoms with E-state index in [-0.39, 0.29) is 11.7 Å². The standard InChI is InChI=1S/C70H90Br2N2O6/c1-4-7-8-9-10-14-17-20-23-68(79-55-70(6-3)53-77-54-70)80-67-46-42-65(43-47-67)74(63-38-30-59(72)31-39-63)61-34-26-57(27-35-61)56-24-32-60(33-25-56)73(62-36-28-58(71)29-37-62)64-40-44-66(45-41-64)78-49-22-19-16-13-11-12-15-18-21-48-75-50-69(5-2)51-76-52-69/h24-47,68H,4-23,48-55H2,1-3H3. The van der Waals surface area contributed by atoms with E-state index in [0.717, 1.165) is 144 Å². The monoisotopic (exact) mass is 1210 g/mol. The van der Waals surface area contributed by atoms with Gasteiger partial charge in [0.15, 0.2) is 6.29 Å².